The molecule has 164 valence electrons. The predicted octanol–water partition coefficient (Wildman–Crippen LogP) is 1.98. The molecule has 0 radical (unpaired) electrons. The van der Waals surface area contributed by atoms with Crippen LogP contribution in [0, 0.1) is 10.1 Å². The molecule has 12 nitrogen and oxygen atoms in total. The van der Waals surface area contributed by atoms with Crippen LogP contribution in [-0.4, -0.2) is 43.8 Å². The lowest BCUT2D eigenvalue weighted by Gasteiger charge is -2.06. The van der Waals surface area contributed by atoms with Gasteiger partial charge >= 0.3 is 11.9 Å². The molecule has 0 aliphatic rings. The van der Waals surface area contributed by atoms with Crippen molar-refractivity contribution in [3.8, 4) is 5.69 Å². The number of hydrazone groups is 1. The maximum atomic E-state index is 11.1. The Labute approximate surface area is 177 Å². The zero-order valence-electron chi connectivity index (χ0n) is 16.4. The maximum absolute atomic E-state index is 11.1. The van der Waals surface area contributed by atoms with E-state index in [1.165, 1.54) is 12.3 Å². The normalized spacial score (nSPS) is 11.3. The molecule has 1 aromatic heterocycles. The van der Waals surface area contributed by atoms with E-state index in [0.29, 0.717) is 5.69 Å². The van der Waals surface area contributed by atoms with Crippen LogP contribution >= 0.6 is 0 Å². The van der Waals surface area contributed by atoms with E-state index in [2.05, 4.69) is 10.1 Å². The van der Waals surface area contributed by atoms with Crippen molar-refractivity contribution in [1.82, 2.24) is 4.57 Å². The first-order chi connectivity index (χ1) is 14.8. The van der Waals surface area contributed by atoms with Gasteiger partial charge in [0.15, 0.2) is 0 Å². The second-order valence-electron chi connectivity index (χ2n) is 5.81. The fourth-order valence-electron chi connectivity index (χ4n) is 2.26. The molecule has 2 rings (SSSR count). The Kier molecular flexibility index (Phi) is 10.2. The number of hydrogen-bond acceptors (Lipinski definition) is 6. The Bertz CT molecular complexity index is 981. The molecule has 0 aliphatic heterocycles. The first-order valence-corrected chi connectivity index (χ1v) is 8.85. The Morgan fingerprint density at radius 1 is 1.13 bits per heavy atom. The number of guanidine groups is 1. The molecular formula is C19H22N6O6. The molecule has 0 bridgehead atoms. The number of nitro groups is 1. The van der Waals surface area contributed by atoms with Gasteiger partial charge in [0, 0.05) is 37.0 Å². The number of aliphatic imine (C=N–C) groups is 1. The number of nitro benzene ring substituents is 1. The molecule has 6 N–H and O–H groups in total. The highest BCUT2D eigenvalue weighted by molar-refractivity contribution is 5.91. The summed E-state index contributed by atoms with van der Waals surface area (Å²) in [6, 6.07) is 10.1. The summed E-state index contributed by atoms with van der Waals surface area (Å²) >= 11 is 0. The van der Waals surface area contributed by atoms with Crippen LogP contribution in [0.2, 0.25) is 0 Å². The molecule has 1 heterocycles. The van der Waals surface area contributed by atoms with E-state index in [1.54, 1.807) is 47.2 Å². The number of carbonyl (C=O) groups is 2. The number of rotatable bonds is 8. The fourth-order valence-corrected chi connectivity index (χ4v) is 2.26. The summed E-state index contributed by atoms with van der Waals surface area (Å²) < 4.78 is 1.71. The van der Waals surface area contributed by atoms with E-state index in [0.717, 1.165) is 5.69 Å². The van der Waals surface area contributed by atoms with Crippen molar-refractivity contribution >= 4 is 35.9 Å². The summed E-state index contributed by atoms with van der Waals surface area (Å²) in [6.07, 6.45) is 6.64. The average Bonchev–Trinajstić information content (AvgIpc) is 3.19. The van der Waals surface area contributed by atoms with Crippen molar-refractivity contribution in [2.24, 2.45) is 21.7 Å². The summed E-state index contributed by atoms with van der Waals surface area (Å²) in [7, 11) is 0. The second-order valence-corrected chi connectivity index (χ2v) is 5.81. The number of aromatic nitrogens is 1. The van der Waals surface area contributed by atoms with Crippen molar-refractivity contribution in [3.05, 3.63) is 64.5 Å². The lowest BCUT2D eigenvalue weighted by Crippen LogP contribution is -2.10. The highest BCUT2D eigenvalue weighted by Crippen LogP contribution is 2.24. The quantitative estimate of drug-likeness (QED) is 0.160. The SMILES string of the molecule is NN=C(N)N=CC=Cc1cccn1-c1ccccc1[N+](=O)[O-].O=C(O)CCCC(=O)O. The van der Waals surface area contributed by atoms with Crippen molar-refractivity contribution in [1.29, 1.82) is 0 Å². The third-order valence-electron chi connectivity index (χ3n) is 3.59. The maximum Gasteiger partial charge on any atom is 0.303 e. The number of nitrogens with two attached hydrogens (primary N) is 2. The third-order valence-corrected chi connectivity index (χ3v) is 3.59. The zero-order chi connectivity index (χ0) is 23.2. The lowest BCUT2D eigenvalue weighted by molar-refractivity contribution is -0.384. The standard InChI is InChI=1S/C14H14N6O2.C5H8O4/c15-14(18-16)17-9-3-5-11-6-4-10-19(11)12-7-1-2-8-13(12)20(21)22;6-4(7)2-1-3-5(8)9/h1-10H,16H2,(H2,15,18);1-3H2,(H,6,7)(H,8,9). The number of para-hydroxylation sites is 2. The lowest BCUT2D eigenvalue weighted by atomic mass is 10.2. The molecule has 31 heavy (non-hydrogen) atoms. The van der Waals surface area contributed by atoms with Gasteiger partial charge in [-0.2, -0.15) is 0 Å². The highest BCUT2D eigenvalue weighted by atomic mass is 16.6. The molecule has 0 unspecified atom stereocenters. The van der Waals surface area contributed by atoms with E-state index in [9.17, 15) is 19.7 Å². The van der Waals surface area contributed by atoms with Crippen molar-refractivity contribution in [3.63, 3.8) is 0 Å². The van der Waals surface area contributed by atoms with E-state index in [1.807, 2.05) is 6.07 Å². The van der Waals surface area contributed by atoms with Gasteiger partial charge in [-0.1, -0.05) is 12.1 Å². The smallest absolute Gasteiger partial charge is 0.303 e. The summed E-state index contributed by atoms with van der Waals surface area (Å²) in [5.74, 6) is 3.01. The van der Waals surface area contributed by atoms with Gasteiger partial charge in [-0.25, -0.2) is 4.99 Å². The van der Waals surface area contributed by atoms with Gasteiger partial charge in [0.05, 0.1) is 4.92 Å². The van der Waals surface area contributed by atoms with Crippen LogP contribution in [0.3, 0.4) is 0 Å². The van der Waals surface area contributed by atoms with Gasteiger partial charge in [0.25, 0.3) is 5.69 Å². The number of nitrogens with zero attached hydrogens (tertiary/aromatic N) is 4. The van der Waals surface area contributed by atoms with Crippen LogP contribution in [0.15, 0.2) is 58.8 Å². The van der Waals surface area contributed by atoms with E-state index in [-0.39, 0.29) is 30.9 Å². The minimum absolute atomic E-state index is 0.0292. The first-order valence-electron chi connectivity index (χ1n) is 8.85. The van der Waals surface area contributed by atoms with Gasteiger partial charge < -0.3 is 26.4 Å². The van der Waals surface area contributed by atoms with Crippen LogP contribution in [0.4, 0.5) is 5.69 Å². The molecule has 12 heteroatoms. The first kappa shape index (κ1) is 24.6. The number of carboxylic acid groups (broad SMARTS) is 2. The van der Waals surface area contributed by atoms with E-state index in [4.69, 9.17) is 21.8 Å². The number of carboxylic acids is 2. The average molecular weight is 430 g/mol. The number of allylic oxidation sites excluding steroid dienone is 1. The Morgan fingerprint density at radius 2 is 1.77 bits per heavy atom. The molecule has 0 aliphatic carbocycles. The largest absolute Gasteiger partial charge is 0.481 e. The molecule has 0 amide bonds. The Hall–Kier alpha value is -4.48. The molecule has 1 aromatic carbocycles. The molecule has 0 spiro atoms. The van der Waals surface area contributed by atoms with E-state index >= 15 is 0 Å². The second kappa shape index (κ2) is 12.9. The van der Waals surface area contributed by atoms with Crippen LogP contribution in [0.5, 0.6) is 0 Å². The van der Waals surface area contributed by atoms with Crippen LogP contribution in [0.25, 0.3) is 11.8 Å². The van der Waals surface area contributed by atoms with Gasteiger partial charge in [-0.15, -0.1) is 5.10 Å². The van der Waals surface area contributed by atoms with Crippen molar-refractivity contribution in [2.75, 3.05) is 0 Å². The van der Waals surface area contributed by atoms with Gasteiger partial charge in [-0.05, 0) is 36.8 Å². The van der Waals surface area contributed by atoms with Crippen LogP contribution in [0.1, 0.15) is 25.0 Å². The number of aliphatic carboxylic acids is 2. The molecule has 0 saturated heterocycles. The molecule has 0 fully saturated rings. The fraction of sp³-hybridized carbons (Fsp3) is 0.158. The molecule has 2 aromatic rings. The minimum atomic E-state index is -0.948. The van der Waals surface area contributed by atoms with E-state index < -0.39 is 16.9 Å². The van der Waals surface area contributed by atoms with Gasteiger partial charge in [0.1, 0.15) is 5.69 Å². The Balaban J connectivity index is 0.000000452. The minimum Gasteiger partial charge on any atom is -0.481 e. The Morgan fingerprint density at radius 3 is 2.35 bits per heavy atom. The molecule has 0 saturated carbocycles. The summed E-state index contributed by atoms with van der Waals surface area (Å²) in [5.41, 5.74) is 6.59. The van der Waals surface area contributed by atoms with Crippen LogP contribution < -0.4 is 11.6 Å². The molecular weight excluding hydrogens is 408 g/mol. The summed E-state index contributed by atoms with van der Waals surface area (Å²) in [6.45, 7) is 0. The number of benzene rings is 1. The third kappa shape index (κ3) is 9.04. The highest BCUT2D eigenvalue weighted by Gasteiger charge is 2.14. The summed E-state index contributed by atoms with van der Waals surface area (Å²) in [4.78, 5) is 34.0. The topological polar surface area (TPSA) is 199 Å². The summed E-state index contributed by atoms with van der Waals surface area (Å²) in [5, 5.41) is 30.4. The number of hydrogen-bond donors (Lipinski definition) is 4. The van der Waals surface area contributed by atoms with Crippen molar-refractivity contribution < 1.29 is 24.7 Å². The zero-order valence-corrected chi connectivity index (χ0v) is 16.4. The predicted molar refractivity (Wildman–Crippen MR) is 115 cm³/mol. The monoisotopic (exact) mass is 430 g/mol. The van der Waals surface area contributed by atoms with Crippen molar-refractivity contribution in [2.45, 2.75) is 19.3 Å². The van der Waals surface area contributed by atoms with Crippen LogP contribution in [-0.2, 0) is 9.59 Å². The van der Waals surface area contributed by atoms with Gasteiger partial charge in [0.2, 0.25) is 5.96 Å². The van der Waals surface area contributed by atoms with Gasteiger partial charge in [-0.3, -0.25) is 19.7 Å². The molecule has 0 atom stereocenters.